The molecule has 1 heterocycles. The second kappa shape index (κ2) is 5.86. The summed E-state index contributed by atoms with van der Waals surface area (Å²) in [4.78, 5) is 37.2. The number of rotatable bonds is 3. The summed E-state index contributed by atoms with van der Waals surface area (Å²) in [5.74, 6) is -0.528. The minimum Gasteiger partial charge on any atom is -0.497 e. The van der Waals surface area contributed by atoms with E-state index in [1.165, 1.54) is 6.92 Å². The molecular formula is C15H17NO4. The SMILES string of the molecule is COc1ccc(C(=O)C2CN(C(C)=O)CCC2=O)cc1. The first-order valence-electron chi connectivity index (χ1n) is 6.49. The van der Waals surface area contributed by atoms with E-state index in [0.717, 1.165) is 0 Å². The van der Waals surface area contributed by atoms with Gasteiger partial charge in [-0.2, -0.15) is 0 Å². The van der Waals surface area contributed by atoms with Crippen LogP contribution < -0.4 is 4.74 Å². The molecule has 20 heavy (non-hydrogen) atoms. The number of piperidine rings is 1. The molecule has 1 aliphatic rings. The Bertz CT molecular complexity index is 535. The summed E-state index contributed by atoms with van der Waals surface area (Å²) in [5, 5.41) is 0. The molecule has 0 aliphatic carbocycles. The number of nitrogens with zero attached hydrogens (tertiary/aromatic N) is 1. The summed E-state index contributed by atoms with van der Waals surface area (Å²) in [5.41, 5.74) is 0.467. The van der Waals surface area contributed by atoms with Gasteiger partial charge < -0.3 is 9.64 Å². The molecule has 0 radical (unpaired) electrons. The number of hydrogen-bond acceptors (Lipinski definition) is 4. The van der Waals surface area contributed by atoms with E-state index >= 15 is 0 Å². The van der Waals surface area contributed by atoms with Gasteiger partial charge in [0.1, 0.15) is 11.5 Å². The smallest absolute Gasteiger partial charge is 0.219 e. The van der Waals surface area contributed by atoms with Crippen molar-refractivity contribution in [3.63, 3.8) is 0 Å². The number of benzene rings is 1. The molecule has 2 rings (SSSR count). The van der Waals surface area contributed by atoms with Gasteiger partial charge in [-0.05, 0) is 24.3 Å². The fourth-order valence-corrected chi connectivity index (χ4v) is 2.30. The van der Waals surface area contributed by atoms with E-state index in [9.17, 15) is 14.4 Å². The molecule has 0 aromatic heterocycles. The van der Waals surface area contributed by atoms with Crippen molar-refractivity contribution >= 4 is 17.5 Å². The number of amides is 1. The van der Waals surface area contributed by atoms with Crippen molar-refractivity contribution in [1.82, 2.24) is 4.90 Å². The van der Waals surface area contributed by atoms with Gasteiger partial charge in [-0.25, -0.2) is 0 Å². The lowest BCUT2D eigenvalue weighted by Gasteiger charge is -2.30. The molecule has 106 valence electrons. The van der Waals surface area contributed by atoms with Crippen molar-refractivity contribution in [3.05, 3.63) is 29.8 Å². The van der Waals surface area contributed by atoms with Crippen LogP contribution in [0, 0.1) is 5.92 Å². The Balaban J connectivity index is 2.17. The first kappa shape index (κ1) is 14.2. The van der Waals surface area contributed by atoms with Crippen molar-refractivity contribution in [1.29, 1.82) is 0 Å². The lowest BCUT2D eigenvalue weighted by molar-refractivity contribution is -0.134. The summed E-state index contributed by atoms with van der Waals surface area (Å²) in [7, 11) is 1.55. The molecule has 1 atom stereocenters. The predicted molar refractivity (Wildman–Crippen MR) is 72.7 cm³/mol. The Kier molecular flexibility index (Phi) is 4.17. The fraction of sp³-hybridized carbons (Fsp3) is 0.400. The largest absolute Gasteiger partial charge is 0.497 e. The van der Waals surface area contributed by atoms with Gasteiger partial charge in [0, 0.05) is 32.0 Å². The van der Waals surface area contributed by atoms with Crippen LogP contribution in [0.3, 0.4) is 0 Å². The van der Waals surface area contributed by atoms with Crippen LogP contribution in [-0.4, -0.2) is 42.6 Å². The van der Waals surface area contributed by atoms with Crippen molar-refractivity contribution in [2.45, 2.75) is 13.3 Å². The Morgan fingerprint density at radius 2 is 1.90 bits per heavy atom. The molecule has 0 bridgehead atoms. The third kappa shape index (κ3) is 2.87. The Labute approximate surface area is 117 Å². The number of Topliss-reactive ketones (excluding diaryl/α,β-unsaturated/α-hetero) is 2. The average molecular weight is 275 g/mol. The number of hydrogen-bond donors (Lipinski definition) is 0. The predicted octanol–water partition coefficient (Wildman–Crippen LogP) is 1.32. The van der Waals surface area contributed by atoms with Gasteiger partial charge in [-0.3, -0.25) is 14.4 Å². The zero-order chi connectivity index (χ0) is 14.7. The van der Waals surface area contributed by atoms with Crippen LogP contribution in [-0.2, 0) is 9.59 Å². The van der Waals surface area contributed by atoms with Crippen LogP contribution in [0.2, 0.25) is 0 Å². The van der Waals surface area contributed by atoms with Crippen LogP contribution in [0.25, 0.3) is 0 Å². The van der Waals surface area contributed by atoms with Crippen LogP contribution >= 0.6 is 0 Å². The fourth-order valence-electron chi connectivity index (χ4n) is 2.30. The highest BCUT2D eigenvalue weighted by molar-refractivity contribution is 6.11. The maximum absolute atomic E-state index is 12.4. The quantitative estimate of drug-likeness (QED) is 0.616. The lowest BCUT2D eigenvalue weighted by atomic mass is 9.89. The van der Waals surface area contributed by atoms with E-state index in [2.05, 4.69) is 0 Å². The van der Waals surface area contributed by atoms with Gasteiger partial charge in [0.2, 0.25) is 5.91 Å². The zero-order valence-corrected chi connectivity index (χ0v) is 11.6. The summed E-state index contributed by atoms with van der Waals surface area (Å²) in [6.45, 7) is 2.03. The van der Waals surface area contributed by atoms with Gasteiger partial charge in [-0.1, -0.05) is 0 Å². The number of likely N-dealkylation sites (tertiary alicyclic amines) is 1. The Morgan fingerprint density at radius 1 is 1.25 bits per heavy atom. The summed E-state index contributed by atoms with van der Waals surface area (Å²) in [6.07, 6.45) is 0.242. The minimum atomic E-state index is -0.749. The van der Waals surface area contributed by atoms with Crippen molar-refractivity contribution in [2.24, 2.45) is 5.92 Å². The molecule has 1 unspecified atom stereocenters. The van der Waals surface area contributed by atoms with Crippen molar-refractivity contribution in [3.8, 4) is 5.75 Å². The molecule has 1 aromatic rings. The Hall–Kier alpha value is -2.17. The normalized spacial score (nSPS) is 18.8. The second-order valence-electron chi connectivity index (χ2n) is 4.83. The van der Waals surface area contributed by atoms with Gasteiger partial charge in [0.05, 0.1) is 13.0 Å². The molecule has 5 nitrogen and oxygen atoms in total. The average Bonchev–Trinajstić information content (AvgIpc) is 2.47. The molecule has 1 amide bonds. The molecular weight excluding hydrogens is 258 g/mol. The minimum absolute atomic E-state index is 0.0941. The van der Waals surface area contributed by atoms with Crippen molar-refractivity contribution in [2.75, 3.05) is 20.2 Å². The summed E-state index contributed by atoms with van der Waals surface area (Å²) >= 11 is 0. The van der Waals surface area contributed by atoms with Crippen LogP contribution in [0.15, 0.2) is 24.3 Å². The molecule has 0 N–H and O–H groups in total. The standard InChI is InChI=1S/C15H17NO4/c1-10(17)16-8-7-14(18)13(9-16)15(19)11-3-5-12(20-2)6-4-11/h3-6,13H,7-9H2,1-2H3. The summed E-state index contributed by atoms with van der Waals surface area (Å²) in [6, 6.07) is 6.65. The second-order valence-corrected chi connectivity index (χ2v) is 4.83. The first-order chi connectivity index (χ1) is 9.52. The highest BCUT2D eigenvalue weighted by Crippen LogP contribution is 2.20. The number of carbonyl (C=O) groups is 3. The number of methoxy groups -OCH3 is 1. The number of ketones is 2. The van der Waals surface area contributed by atoms with Gasteiger partial charge >= 0.3 is 0 Å². The number of ether oxygens (including phenoxy) is 1. The monoisotopic (exact) mass is 275 g/mol. The van der Waals surface area contributed by atoms with E-state index in [1.54, 1.807) is 36.3 Å². The molecule has 0 spiro atoms. The van der Waals surface area contributed by atoms with Crippen molar-refractivity contribution < 1.29 is 19.1 Å². The van der Waals surface area contributed by atoms with E-state index in [-0.39, 0.29) is 30.4 Å². The van der Waals surface area contributed by atoms with Crippen LogP contribution in [0.5, 0.6) is 5.75 Å². The molecule has 1 aliphatic heterocycles. The van der Waals surface area contributed by atoms with E-state index in [0.29, 0.717) is 17.9 Å². The van der Waals surface area contributed by atoms with Gasteiger partial charge in [-0.15, -0.1) is 0 Å². The highest BCUT2D eigenvalue weighted by Gasteiger charge is 2.34. The lowest BCUT2D eigenvalue weighted by Crippen LogP contribution is -2.46. The third-order valence-electron chi connectivity index (χ3n) is 3.56. The topological polar surface area (TPSA) is 63.7 Å². The zero-order valence-electron chi connectivity index (χ0n) is 11.6. The number of carbonyl (C=O) groups excluding carboxylic acids is 3. The van der Waals surface area contributed by atoms with Crippen LogP contribution in [0.4, 0.5) is 0 Å². The van der Waals surface area contributed by atoms with Crippen LogP contribution in [0.1, 0.15) is 23.7 Å². The maximum Gasteiger partial charge on any atom is 0.219 e. The molecule has 1 aromatic carbocycles. The maximum atomic E-state index is 12.4. The van der Waals surface area contributed by atoms with E-state index < -0.39 is 5.92 Å². The van der Waals surface area contributed by atoms with E-state index in [4.69, 9.17) is 4.74 Å². The highest BCUT2D eigenvalue weighted by atomic mass is 16.5. The molecule has 5 heteroatoms. The van der Waals surface area contributed by atoms with Gasteiger partial charge in [0.15, 0.2) is 5.78 Å². The van der Waals surface area contributed by atoms with Gasteiger partial charge in [0.25, 0.3) is 0 Å². The molecule has 0 saturated carbocycles. The Morgan fingerprint density at radius 3 is 2.45 bits per heavy atom. The third-order valence-corrected chi connectivity index (χ3v) is 3.56. The molecule has 1 saturated heterocycles. The first-order valence-corrected chi connectivity index (χ1v) is 6.49. The van der Waals surface area contributed by atoms with E-state index in [1.807, 2.05) is 0 Å². The molecule has 1 fully saturated rings. The summed E-state index contributed by atoms with van der Waals surface area (Å²) < 4.78 is 5.03.